The van der Waals surface area contributed by atoms with E-state index in [9.17, 15) is 9.59 Å². The number of hydrazone groups is 2. The summed E-state index contributed by atoms with van der Waals surface area (Å²) in [5.74, 6) is -1.12. The van der Waals surface area contributed by atoms with Crippen molar-refractivity contribution in [1.82, 2.24) is 10.9 Å². The number of carbonyl (C=O) groups excluding carboxylic acids is 2. The van der Waals surface area contributed by atoms with E-state index >= 15 is 0 Å². The molecule has 6 nitrogen and oxygen atoms in total. The Morgan fingerprint density at radius 3 is 2.82 bits per heavy atom. The van der Waals surface area contributed by atoms with Gasteiger partial charge in [0.25, 0.3) is 0 Å². The highest BCUT2D eigenvalue weighted by molar-refractivity contribution is 9.12. The van der Waals surface area contributed by atoms with Crippen LogP contribution in [0.1, 0.15) is 18.9 Å². The topological polar surface area (TPSA) is 82.9 Å². The molecule has 1 aliphatic rings. The Bertz CT molecular complexity index is 653. The molecule has 1 aromatic rings. The van der Waals surface area contributed by atoms with Gasteiger partial charge in [0.2, 0.25) is 11.8 Å². The second kappa shape index (κ2) is 7.65. The minimum Gasteiger partial charge on any atom is -0.273 e. The number of benzene rings is 1. The Labute approximate surface area is 136 Å². The summed E-state index contributed by atoms with van der Waals surface area (Å²) in [6.07, 6.45) is 3.38. The van der Waals surface area contributed by atoms with Gasteiger partial charge in [0.05, 0.1) is 12.1 Å². The zero-order valence-electron chi connectivity index (χ0n) is 11.9. The molecular weight excluding hydrogens is 348 g/mol. The van der Waals surface area contributed by atoms with Crippen molar-refractivity contribution in [2.75, 3.05) is 0 Å². The molecule has 2 rings (SSSR count). The summed E-state index contributed by atoms with van der Waals surface area (Å²) < 4.78 is 0.718. The number of rotatable bonds is 5. The summed E-state index contributed by atoms with van der Waals surface area (Å²) in [5, 5.41) is 7.64. The zero-order chi connectivity index (χ0) is 15.9. The Balaban J connectivity index is 1.84. The van der Waals surface area contributed by atoms with E-state index in [0.717, 1.165) is 10.0 Å². The number of allylic oxidation sites excluding steroid dienone is 1. The molecular formula is C15H15BrN4O2. The lowest BCUT2D eigenvalue weighted by Crippen LogP contribution is -2.29. The van der Waals surface area contributed by atoms with Crippen molar-refractivity contribution < 1.29 is 9.59 Å². The highest BCUT2D eigenvalue weighted by Crippen LogP contribution is 2.12. The highest BCUT2D eigenvalue weighted by Gasteiger charge is 2.28. The Kier molecular flexibility index (Phi) is 5.60. The van der Waals surface area contributed by atoms with Crippen LogP contribution in [0, 0.1) is 5.92 Å². The van der Waals surface area contributed by atoms with Crippen molar-refractivity contribution in [2.24, 2.45) is 16.1 Å². The summed E-state index contributed by atoms with van der Waals surface area (Å²) in [4.78, 5) is 23.2. The van der Waals surface area contributed by atoms with Crippen molar-refractivity contribution in [3.05, 3.63) is 40.4 Å². The molecule has 22 heavy (non-hydrogen) atoms. The maximum absolute atomic E-state index is 11.7. The van der Waals surface area contributed by atoms with Crippen LogP contribution in [0.25, 0.3) is 6.08 Å². The van der Waals surface area contributed by atoms with Gasteiger partial charge in [0.15, 0.2) is 0 Å². The maximum Gasteiger partial charge on any atom is 0.249 e. The molecule has 1 aliphatic heterocycles. The maximum atomic E-state index is 11.7. The monoisotopic (exact) mass is 362 g/mol. The SMILES string of the molecule is CC1=NNC(=O)C1CC(=O)NN=C/C(Br)=C/c1ccccc1. The first-order valence-electron chi connectivity index (χ1n) is 6.64. The van der Waals surface area contributed by atoms with Crippen LogP contribution in [-0.2, 0) is 9.59 Å². The van der Waals surface area contributed by atoms with E-state index in [4.69, 9.17) is 0 Å². The molecule has 0 saturated carbocycles. The first kappa shape index (κ1) is 16.1. The number of amides is 2. The van der Waals surface area contributed by atoms with E-state index in [0.29, 0.717) is 5.71 Å². The Morgan fingerprint density at radius 1 is 1.45 bits per heavy atom. The number of carbonyl (C=O) groups is 2. The molecule has 0 aliphatic carbocycles. The molecule has 1 heterocycles. The predicted octanol–water partition coefficient (Wildman–Crippen LogP) is 2.04. The number of hydrogen-bond acceptors (Lipinski definition) is 4. The average Bonchev–Trinajstić information content (AvgIpc) is 2.80. The van der Waals surface area contributed by atoms with Crippen LogP contribution in [0.3, 0.4) is 0 Å². The fourth-order valence-corrected chi connectivity index (χ4v) is 2.24. The third-order valence-corrected chi connectivity index (χ3v) is 3.47. The number of nitrogens with zero attached hydrogens (tertiary/aromatic N) is 2. The predicted molar refractivity (Wildman–Crippen MR) is 89.3 cm³/mol. The zero-order valence-corrected chi connectivity index (χ0v) is 13.5. The minimum absolute atomic E-state index is 0.0263. The molecule has 0 radical (unpaired) electrons. The van der Waals surface area contributed by atoms with Gasteiger partial charge in [-0.1, -0.05) is 30.3 Å². The van der Waals surface area contributed by atoms with Crippen LogP contribution >= 0.6 is 15.9 Å². The van der Waals surface area contributed by atoms with Crippen LogP contribution < -0.4 is 10.9 Å². The summed E-state index contributed by atoms with van der Waals surface area (Å²) in [7, 11) is 0. The molecule has 1 unspecified atom stereocenters. The second-order valence-corrected chi connectivity index (χ2v) is 5.63. The van der Waals surface area contributed by atoms with Crippen LogP contribution in [0.15, 0.2) is 45.0 Å². The number of hydrogen-bond donors (Lipinski definition) is 2. The molecule has 0 bridgehead atoms. The van der Waals surface area contributed by atoms with Crippen LogP contribution in [-0.4, -0.2) is 23.7 Å². The Morgan fingerprint density at radius 2 is 2.18 bits per heavy atom. The molecule has 0 fully saturated rings. The van der Waals surface area contributed by atoms with Crippen molar-refractivity contribution in [2.45, 2.75) is 13.3 Å². The molecule has 114 valence electrons. The van der Waals surface area contributed by atoms with Crippen LogP contribution in [0.5, 0.6) is 0 Å². The molecule has 1 atom stereocenters. The number of nitrogens with one attached hydrogen (secondary N) is 2. The quantitative estimate of drug-likeness (QED) is 0.620. The van der Waals surface area contributed by atoms with Crippen molar-refractivity contribution in [3.63, 3.8) is 0 Å². The molecule has 0 saturated heterocycles. The summed E-state index contributed by atoms with van der Waals surface area (Å²) >= 11 is 3.35. The van der Waals surface area contributed by atoms with Crippen molar-refractivity contribution >= 4 is 45.7 Å². The lowest BCUT2D eigenvalue weighted by atomic mass is 10.0. The van der Waals surface area contributed by atoms with Gasteiger partial charge >= 0.3 is 0 Å². The van der Waals surface area contributed by atoms with E-state index in [2.05, 4.69) is 37.0 Å². The van der Waals surface area contributed by atoms with Crippen molar-refractivity contribution in [1.29, 1.82) is 0 Å². The van der Waals surface area contributed by atoms with E-state index in [1.807, 2.05) is 36.4 Å². The van der Waals surface area contributed by atoms with Gasteiger partial charge in [0.1, 0.15) is 0 Å². The molecule has 0 spiro atoms. The summed E-state index contributed by atoms with van der Waals surface area (Å²) in [6, 6.07) is 9.70. The Hall–Kier alpha value is -2.28. The highest BCUT2D eigenvalue weighted by atomic mass is 79.9. The van der Waals surface area contributed by atoms with E-state index < -0.39 is 5.92 Å². The average molecular weight is 363 g/mol. The first-order valence-corrected chi connectivity index (χ1v) is 7.44. The largest absolute Gasteiger partial charge is 0.273 e. The van der Waals surface area contributed by atoms with Gasteiger partial charge in [-0.15, -0.1) is 0 Å². The smallest absolute Gasteiger partial charge is 0.249 e. The van der Waals surface area contributed by atoms with E-state index in [-0.39, 0.29) is 18.2 Å². The van der Waals surface area contributed by atoms with Gasteiger partial charge in [-0.2, -0.15) is 10.2 Å². The lowest BCUT2D eigenvalue weighted by molar-refractivity contribution is -0.127. The van der Waals surface area contributed by atoms with Crippen LogP contribution in [0.4, 0.5) is 0 Å². The van der Waals surface area contributed by atoms with Gasteiger partial charge in [-0.25, -0.2) is 10.9 Å². The fourth-order valence-electron chi connectivity index (χ4n) is 1.87. The summed E-state index contributed by atoms with van der Waals surface area (Å²) in [5.41, 5.74) is 6.35. The third-order valence-electron chi connectivity index (χ3n) is 3.03. The molecule has 1 aromatic carbocycles. The fraction of sp³-hybridized carbons (Fsp3) is 0.200. The van der Waals surface area contributed by atoms with Crippen molar-refractivity contribution in [3.8, 4) is 0 Å². The van der Waals surface area contributed by atoms with Gasteiger partial charge in [-0.3, -0.25) is 9.59 Å². The molecule has 0 aromatic heterocycles. The number of halogens is 1. The van der Waals surface area contributed by atoms with Gasteiger partial charge < -0.3 is 0 Å². The molecule has 7 heteroatoms. The first-order chi connectivity index (χ1) is 10.6. The lowest BCUT2D eigenvalue weighted by Gasteiger charge is -2.05. The molecule has 2 amide bonds. The minimum atomic E-state index is -0.515. The van der Waals surface area contributed by atoms with E-state index in [1.54, 1.807) is 6.92 Å². The van der Waals surface area contributed by atoms with Gasteiger partial charge in [-0.05, 0) is 34.5 Å². The van der Waals surface area contributed by atoms with Gasteiger partial charge in [0, 0.05) is 16.6 Å². The summed E-state index contributed by atoms with van der Waals surface area (Å²) in [6.45, 7) is 1.71. The normalized spacial score (nSPS) is 18.3. The van der Waals surface area contributed by atoms with Crippen LogP contribution in [0.2, 0.25) is 0 Å². The second-order valence-electron chi connectivity index (χ2n) is 4.72. The molecule has 2 N–H and O–H groups in total. The third kappa shape index (κ3) is 4.63. The van der Waals surface area contributed by atoms with E-state index in [1.165, 1.54) is 6.21 Å². The standard InChI is InChI=1S/C15H15BrN4O2/c1-10-13(15(22)20-18-10)8-14(21)19-17-9-12(16)7-11-5-3-2-4-6-11/h2-7,9,13H,8H2,1H3,(H,19,21)(H,20,22)/b12-7-,17-9?.